The molecule has 0 amide bonds. The van der Waals surface area contributed by atoms with E-state index in [2.05, 4.69) is 4.98 Å². The van der Waals surface area contributed by atoms with E-state index in [1.807, 2.05) is 23.6 Å². The second-order valence-electron chi connectivity index (χ2n) is 2.73. The molecule has 0 aromatic carbocycles. The minimum Gasteiger partial charge on any atom is -0.294 e. The van der Waals surface area contributed by atoms with Crippen molar-refractivity contribution in [2.24, 2.45) is 0 Å². The monoisotopic (exact) mass is 180 g/mol. The van der Waals surface area contributed by atoms with Crippen LogP contribution in [0.25, 0.3) is 4.96 Å². The van der Waals surface area contributed by atoms with Crippen molar-refractivity contribution < 1.29 is 0 Å². The number of rotatable bonds is 0. The fraction of sp³-hybridized carbons (Fsp3) is 0.250. The Balaban J connectivity index is 3.02. The van der Waals surface area contributed by atoms with Crippen LogP contribution in [0.2, 0.25) is 0 Å². The van der Waals surface area contributed by atoms with Gasteiger partial charge in [0.05, 0.1) is 0 Å². The zero-order chi connectivity index (χ0) is 8.72. The summed E-state index contributed by atoms with van der Waals surface area (Å²) in [5.41, 5.74) is 1.91. The number of thiazole rings is 1. The highest BCUT2D eigenvalue weighted by atomic mass is 32.1. The van der Waals surface area contributed by atoms with Crippen LogP contribution >= 0.6 is 11.3 Å². The number of hydrogen-bond donors (Lipinski definition) is 0. The Kier molecular flexibility index (Phi) is 1.51. The maximum atomic E-state index is 11.0. The molecule has 4 heteroatoms. The number of fused-ring (bicyclic) bond motifs is 1. The molecule has 0 saturated carbocycles. The van der Waals surface area contributed by atoms with E-state index >= 15 is 0 Å². The summed E-state index contributed by atoms with van der Waals surface area (Å²) in [6.07, 6.45) is 0. The molecule has 62 valence electrons. The minimum absolute atomic E-state index is 0.158. The molecule has 0 aliphatic rings. The molecule has 0 radical (unpaired) electrons. The molecular weight excluding hydrogens is 172 g/mol. The number of aryl methyl sites for hydroxylation is 2. The Bertz CT molecular complexity index is 483. The lowest BCUT2D eigenvalue weighted by atomic mass is 10.4. The maximum Gasteiger partial charge on any atom is 0.274 e. The first-order valence-corrected chi connectivity index (χ1v) is 4.51. The third-order valence-corrected chi connectivity index (χ3v) is 2.71. The lowest BCUT2D eigenvalue weighted by Crippen LogP contribution is -2.08. The fourth-order valence-corrected chi connectivity index (χ4v) is 2.19. The first-order valence-electron chi connectivity index (χ1n) is 3.63. The summed E-state index contributed by atoms with van der Waals surface area (Å²) in [5, 5.41) is 1.99. The minimum atomic E-state index is -0.158. The Labute approximate surface area is 73.3 Å². The van der Waals surface area contributed by atoms with Crippen LogP contribution in [0.3, 0.4) is 0 Å². The molecule has 0 bridgehead atoms. The van der Waals surface area contributed by atoms with Gasteiger partial charge in [-0.2, -0.15) is 4.98 Å². The van der Waals surface area contributed by atoms with Gasteiger partial charge in [0.25, 0.3) is 5.56 Å². The summed E-state index contributed by atoms with van der Waals surface area (Å²) in [4.78, 5) is 15.7. The van der Waals surface area contributed by atoms with Gasteiger partial charge in [-0.05, 0) is 13.8 Å². The highest BCUT2D eigenvalue weighted by molar-refractivity contribution is 7.15. The Morgan fingerprint density at radius 1 is 1.42 bits per heavy atom. The molecule has 0 N–H and O–H groups in total. The van der Waals surface area contributed by atoms with Gasteiger partial charge in [0.1, 0.15) is 0 Å². The summed E-state index contributed by atoms with van der Waals surface area (Å²) in [6.45, 7) is 3.92. The lowest BCUT2D eigenvalue weighted by molar-refractivity contribution is 0.996. The zero-order valence-corrected chi connectivity index (χ0v) is 7.68. The van der Waals surface area contributed by atoms with Gasteiger partial charge in [-0.1, -0.05) is 0 Å². The summed E-state index contributed by atoms with van der Waals surface area (Å²) in [5.74, 6) is 0. The predicted octanol–water partition coefficient (Wildman–Crippen LogP) is 1.37. The van der Waals surface area contributed by atoms with Crippen LogP contribution in [0.5, 0.6) is 0 Å². The molecule has 2 aromatic heterocycles. The molecular formula is C8H8N2OS. The summed E-state index contributed by atoms with van der Waals surface area (Å²) < 4.78 is 1.98. The lowest BCUT2D eigenvalue weighted by Gasteiger charge is -1.98. The highest BCUT2D eigenvalue weighted by Gasteiger charge is 2.02. The molecule has 2 aromatic rings. The molecule has 0 unspecified atom stereocenters. The topological polar surface area (TPSA) is 34.4 Å². The van der Waals surface area contributed by atoms with Gasteiger partial charge in [-0.3, -0.25) is 9.20 Å². The molecule has 0 fully saturated rings. The first-order chi connectivity index (χ1) is 5.68. The van der Waals surface area contributed by atoms with Crippen molar-refractivity contribution in [1.82, 2.24) is 9.38 Å². The van der Waals surface area contributed by atoms with Gasteiger partial charge < -0.3 is 0 Å². The third-order valence-electron chi connectivity index (χ3n) is 1.77. The van der Waals surface area contributed by atoms with E-state index in [9.17, 15) is 4.79 Å². The number of hydrogen-bond acceptors (Lipinski definition) is 3. The molecule has 0 spiro atoms. The molecule has 3 nitrogen and oxygen atoms in total. The van der Waals surface area contributed by atoms with Crippen molar-refractivity contribution in [3.05, 3.63) is 33.2 Å². The van der Waals surface area contributed by atoms with Gasteiger partial charge in [-0.25, -0.2) is 0 Å². The second-order valence-corrected chi connectivity index (χ2v) is 3.57. The molecule has 0 atom stereocenters. The smallest absolute Gasteiger partial charge is 0.274 e. The fourth-order valence-electron chi connectivity index (χ4n) is 1.27. The van der Waals surface area contributed by atoms with Crippen molar-refractivity contribution in [2.75, 3.05) is 0 Å². The normalized spacial score (nSPS) is 10.8. The molecule has 2 heterocycles. The quantitative estimate of drug-likeness (QED) is 0.613. The molecule has 0 saturated heterocycles. The van der Waals surface area contributed by atoms with Crippen LogP contribution in [-0.2, 0) is 0 Å². The Hall–Kier alpha value is -1.16. The molecule has 0 aliphatic carbocycles. The van der Waals surface area contributed by atoms with Gasteiger partial charge in [0.2, 0.25) is 0 Å². The van der Waals surface area contributed by atoms with Gasteiger partial charge in [0.15, 0.2) is 4.96 Å². The first kappa shape index (κ1) is 7.49. The number of nitrogens with zero attached hydrogens (tertiary/aromatic N) is 2. The van der Waals surface area contributed by atoms with Crippen LogP contribution in [0.1, 0.15) is 11.4 Å². The van der Waals surface area contributed by atoms with E-state index in [1.54, 1.807) is 6.07 Å². The van der Waals surface area contributed by atoms with Crippen LogP contribution in [0.15, 0.2) is 16.2 Å². The van der Waals surface area contributed by atoms with E-state index in [0.29, 0.717) is 0 Å². The van der Waals surface area contributed by atoms with E-state index in [1.165, 1.54) is 11.3 Å². The Morgan fingerprint density at radius 2 is 2.17 bits per heavy atom. The predicted molar refractivity (Wildman–Crippen MR) is 48.8 cm³/mol. The van der Waals surface area contributed by atoms with E-state index < -0.39 is 0 Å². The summed E-state index contributed by atoms with van der Waals surface area (Å²) in [6, 6.07) is 1.55. The van der Waals surface area contributed by atoms with E-state index in [0.717, 1.165) is 16.3 Å². The van der Waals surface area contributed by atoms with Crippen molar-refractivity contribution in [3.8, 4) is 0 Å². The average molecular weight is 180 g/mol. The largest absolute Gasteiger partial charge is 0.294 e. The molecule has 12 heavy (non-hydrogen) atoms. The van der Waals surface area contributed by atoms with Gasteiger partial charge >= 0.3 is 0 Å². The van der Waals surface area contributed by atoms with Gasteiger partial charge in [0, 0.05) is 22.8 Å². The number of aromatic nitrogens is 2. The van der Waals surface area contributed by atoms with Crippen molar-refractivity contribution >= 4 is 16.3 Å². The summed E-state index contributed by atoms with van der Waals surface area (Å²) >= 11 is 1.49. The zero-order valence-electron chi connectivity index (χ0n) is 6.87. The van der Waals surface area contributed by atoms with Crippen LogP contribution < -0.4 is 5.56 Å². The van der Waals surface area contributed by atoms with Crippen molar-refractivity contribution in [1.29, 1.82) is 0 Å². The Morgan fingerprint density at radius 3 is 2.92 bits per heavy atom. The average Bonchev–Trinajstić information content (AvgIpc) is 2.31. The van der Waals surface area contributed by atoms with Crippen molar-refractivity contribution in [3.63, 3.8) is 0 Å². The van der Waals surface area contributed by atoms with E-state index in [4.69, 9.17) is 0 Å². The van der Waals surface area contributed by atoms with E-state index in [-0.39, 0.29) is 5.56 Å². The van der Waals surface area contributed by atoms with Crippen LogP contribution in [0, 0.1) is 13.8 Å². The molecule has 2 rings (SSSR count). The van der Waals surface area contributed by atoms with Crippen LogP contribution in [-0.4, -0.2) is 9.38 Å². The SMILES string of the molecule is Cc1csc2nc(=O)cc(C)n12. The van der Waals surface area contributed by atoms with Crippen molar-refractivity contribution in [2.45, 2.75) is 13.8 Å². The maximum absolute atomic E-state index is 11.0. The summed E-state index contributed by atoms with van der Waals surface area (Å²) in [7, 11) is 0. The van der Waals surface area contributed by atoms with Crippen LogP contribution in [0.4, 0.5) is 0 Å². The second kappa shape index (κ2) is 2.42. The van der Waals surface area contributed by atoms with Gasteiger partial charge in [-0.15, -0.1) is 11.3 Å². The standard InChI is InChI=1S/C8H8N2OS/c1-5-3-7(11)9-8-10(5)6(2)4-12-8/h3-4H,1-2H3. The third kappa shape index (κ3) is 0.956. The molecule has 0 aliphatic heterocycles. The highest BCUT2D eigenvalue weighted by Crippen LogP contribution is 2.13.